The van der Waals surface area contributed by atoms with Gasteiger partial charge in [0.2, 0.25) is 0 Å². The molecule has 0 unspecified atom stereocenters. The zero-order chi connectivity index (χ0) is 18.8. The Kier molecular flexibility index (Phi) is 3.19. The molecule has 6 rings (SSSR count). The number of hydrogen-bond acceptors (Lipinski definition) is 3. The van der Waals surface area contributed by atoms with E-state index in [9.17, 15) is 0 Å². The van der Waals surface area contributed by atoms with Gasteiger partial charge in [0.25, 0.3) is 0 Å². The minimum atomic E-state index is -3.78. The molecule has 0 bridgehead atoms. The fraction of sp³-hybridized carbons (Fsp3) is 0.167. The van der Waals surface area contributed by atoms with Crippen molar-refractivity contribution in [3.8, 4) is 11.5 Å². The Morgan fingerprint density at radius 1 is 0.714 bits per heavy atom. The van der Waals surface area contributed by atoms with Crippen molar-refractivity contribution in [3.63, 3.8) is 0 Å². The van der Waals surface area contributed by atoms with Crippen LogP contribution < -0.4 is 19.7 Å². The topological polar surface area (TPSA) is 27.7 Å². The molecule has 1 spiro atoms. The first-order valence-corrected chi connectivity index (χ1v) is 11.9. The van der Waals surface area contributed by atoms with Crippen molar-refractivity contribution >= 4 is 39.4 Å². The summed E-state index contributed by atoms with van der Waals surface area (Å²) in [5.74, 6) is 1.71. The monoisotopic (exact) mass is 388 g/mol. The van der Waals surface area contributed by atoms with E-state index in [0.29, 0.717) is 6.61 Å². The average molecular weight is 388 g/mol. The molecule has 0 aliphatic carbocycles. The van der Waals surface area contributed by atoms with E-state index in [2.05, 4.69) is 55.5 Å². The standard InChI is InChI=1S/C24H21O3P/c1-2-3-16-25-28(21-14-6-10-17-8-4-12-19(26-28)23(17)21)22-15-7-11-18-9-5-13-20(27-28)24(18)22/h4-15H,2-3,16H2,1H3. The van der Waals surface area contributed by atoms with Crippen LogP contribution in [-0.4, -0.2) is 6.61 Å². The maximum absolute atomic E-state index is 6.86. The molecule has 4 aromatic rings. The van der Waals surface area contributed by atoms with E-state index in [-0.39, 0.29) is 0 Å². The molecule has 2 heterocycles. The summed E-state index contributed by atoms with van der Waals surface area (Å²) >= 11 is 0. The van der Waals surface area contributed by atoms with Crippen LogP contribution >= 0.6 is 7.28 Å². The summed E-state index contributed by atoms with van der Waals surface area (Å²) < 4.78 is 20.5. The third kappa shape index (κ3) is 1.81. The van der Waals surface area contributed by atoms with Gasteiger partial charge in [0.05, 0.1) is 0 Å². The van der Waals surface area contributed by atoms with E-state index in [1.54, 1.807) is 0 Å². The number of unbranched alkanes of at least 4 members (excludes halogenated alkanes) is 1. The van der Waals surface area contributed by atoms with Crippen LogP contribution in [0.1, 0.15) is 19.8 Å². The van der Waals surface area contributed by atoms with Crippen molar-refractivity contribution in [2.75, 3.05) is 6.61 Å². The second-order valence-corrected chi connectivity index (χ2v) is 10.9. The quantitative estimate of drug-likeness (QED) is 0.325. The Labute approximate surface area is 164 Å². The van der Waals surface area contributed by atoms with Crippen molar-refractivity contribution in [2.45, 2.75) is 19.8 Å². The van der Waals surface area contributed by atoms with E-state index in [1.807, 2.05) is 24.3 Å². The zero-order valence-electron chi connectivity index (χ0n) is 15.7. The van der Waals surface area contributed by atoms with Crippen molar-refractivity contribution in [1.82, 2.24) is 0 Å². The average Bonchev–Trinajstić information content (AvgIpc) is 3.17. The van der Waals surface area contributed by atoms with E-state index < -0.39 is 7.28 Å². The number of benzene rings is 4. The summed E-state index contributed by atoms with van der Waals surface area (Å²) in [6.07, 6.45) is 2.02. The SMILES string of the molecule is CCCCOP12(Oc3cccc4cccc1c34)Oc1cccc3cccc2c13. The van der Waals surface area contributed by atoms with Gasteiger partial charge in [-0.05, 0) is 0 Å². The first kappa shape index (κ1) is 16.4. The van der Waals surface area contributed by atoms with Crippen molar-refractivity contribution in [1.29, 1.82) is 0 Å². The molecular weight excluding hydrogens is 367 g/mol. The summed E-state index contributed by atoms with van der Waals surface area (Å²) in [7, 11) is -3.78. The van der Waals surface area contributed by atoms with Crippen LogP contribution in [0.25, 0.3) is 21.5 Å². The molecule has 140 valence electrons. The van der Waals surface area contributed by atoms with Gasteiger partial charge < -0.3 is 0 Å². The van der Waals surface area contributed by atoms with Crippen LogP contribution in [0.15, 0.2) is 72.8 Å². The number of fused-ring (bicyclic) bond motifs is 2. The second-order valence-electron chi connectivity index (χ2n) is 7.52. The van der Waals surface area contributed by atoms with Gasteiger partial charge in [-0.25, -0.2) is 0 Å². The van der Waals surface area contributed by atoms with Gasteiger partial charge in [0.15, 0.2) is 0 Å². The Bertz CT molecular complexity index is 1160. The van der Waals surface area contributed by atoms with Gasteiger partial charge in [-0.2, -0.15) is 0 Å². The Morgan fingerprint density at radius 3 is 1.71 bits per heavy atom. The summed E-state index contributed by atoms with van der Waals surface area (Å²) in [6.45, 7) is 2.77. The van der Waals surface area contributed by atoms with Crippen LogP contribution in [-0.2, 0) is 4.52 Å². The van der Waals surface area contributed by atoms with Crippen LogP contribution in [0.5, 0.6) is 11.5 Å². The number of hydrogen-bond donors (Lipinski definition) is 0. The molecule has 0 saturated heterocycles. The van der Waals surface area contributed by atoms with Gasteiger partial charge >= 0.3 is 164 Å². The maximum atomic E-state index is 6.86. The van der Waals surface area contributed by atoms with Gasteiger partial charge in [-0.3, -0.25) is 0 Å². The normalized spacial score (nSPS) is 18.7. The van der Waals surface area contributed by atoms with Gasteiger partial charge in [-0.15, -0.1) is 0 Å². The fourth-order valence-electron chi connectivity index (χ4n) is 4.64. The Morgan fingerprint density at radius 2 is 1.21 bits per heavy atom. The molecule has 0 N–H and O–H groups in total. The third-order valence-electron chi connectivity index (χ3n) is 5.87. The molecule has 0 atom stereocenters. The van der Waals surface area contributed by atoms with Gasteiger partial charge in [0.1, 0.15) is 0 Å². The third-order valence-corrected chi connectivity index (χ3v) is 9.99. The Balaban J connectivity index is 1.73. The molecule has 2 aliphatic rings. The van der Waals surface area contributed by atoms with Crippen LogP contribution in [0.4, 0.5) is 0 Å². The predicted molar refractivity (Wildman–Crippen MR) is 116 cm³/mol. The molecule has 0 aromatic heterocycles. The minimum absolute atomic E-state index is 0.600. The summed E-state index contributed by atoms with van der Waals surface area (Å²) in [4.78, 5) is 0. The van der Waals surface area contributed by atoms with Crippen LogP contribution in [0, 0.1) is 0 Å². The molecule has 0 saturated carbocycles. The van der Waals surface area contributed by atoms with Gasteiger partial charge in [0, 0.05) is 0 Å². The molecular formula is C24H21O3P. The summed E-state index contributed by atoms with van der Waals surface area (Å²) in [6, 6.07) is 25.1. The predicted octanol–water partition coefficient (Wildman–Crippen LogP) is 5.84. The molecule has 0 fully saturated rings. The van der Waals surface area contributed by atoms with E-state index in [1.165, 1.54) is 0 Å². The Hall–Kier alpha value is -2.61. The first-order chi connectivity index (χ1) is 13.8. The molecule has 0 amide bonds. The van der Waals surface area contributed by atoms with Crippen LogP contribution in [0.2, 0.25) is 0 Å². The summed E-state index contributed by atoms with van der Waals surface area (Å²) in [5.41, 5.74) is 0. The van der Waals surface area contributed by atoms with E-state index in [4.69, 9.17) is 13.6 Å². The number of rotatable bonds is 4. The van der Waals surface area contributed by atoms with Crippen LogP contribution in [0.3, 0.4) is 0 Å². The summed E-state index contributed by atoms with van der Waals surface area (Å²) in [5, 5.41) is 6.65. The molecule has 0 radical (unpaired) electrons. The fourth-order valence-corrected chi connectivity index (χ4v) is 9.13. The van der Waals surface area contributed by atoms with E-state index in [0.717, 1.165) is 56.5 Å². The molecule has 3 nitrogen and oxygen atoms in total. The van der Waals surface area contributed by atoms with Crippen molar-refractivity contribution in [2.24, 2.45) is 0 Å². The van der Waals surface area contributed by atoms with Crippen molar-refractivity contribution < 1.29 is 13.6 Å². The molecule has 2 aliphatic heterocycles. The molecule has 4 aromatic carbocycles. The first-order valence-electron chi connectivity index (χ1n) is 9.88. The molecule has 28 heavy (non-hydrogen) atoms. The van der Waals surface area contributed by atoms with Gasteiger partial charge in [-0.1, -0.05) is 0 Å². The van der Waals surface area contributed by atoms with E-state index >= 15 is 0 Å². The molecule has 4 heteroatoms. The zero-order valence-corrected chi connectivity index (χ0v) is 16.6. The second kappa shape index (κ2) is 5.47. The van der Waals surface area contributed by atoms with Crippen molar-refractivity contribution in [3.05, 3.63) is 72.8 Å².